The van der Waals surface area contributed by atoms with Crippen molar-refractivity contribution in [2.75, 3.05) is 37.7 Å². The molecule has 2 heterocycles. The van der Waals surface area contributed by atoms with Crippen LogP contribution in [-0.2, 0) is 14.3 Å². The van der Waals surface area contributed by atoms with Crippen molar-refractivity contribution in [1.29, 1.82) is 0 Å². The first-order valence-corrected chi connectivity index (χ1v) is 9.23. The maximum absolute atomic E-state index is 12.6. The lowest BCUT2D eigenvalue weighted by atomic mass is 10.2. The van der Waals surface area contributed by atoms with Crippen molar-refractivity contribution in [1.82, 2.24) is 14.9 Å². The summed E-state index contributed by atoms with van der Waals surface area (Å²) in [4.78, 5) is 36.8. The lowest BCUT2D eigenvalue weighted by Gasteiger charge is -2.35. The summed E-state index contributed by atoms with van der Waals surface area (Å²) in [5, 5.41) is 0. The fraction of sp³-hybridized carbons (Fsp3) is 0.400. The molecule has 8 nitrogen and oxygen atoms in total. The first-order valence-electron chi connectivity index (χ1n) is 9.23. The molecule has 0 bridgehead atoms. The van der Waals surface area contributed by atoms with E-state index in [1.165, 1.54) is 0 Å². The molecule has 1 unspecified atom stereocenters. The molecule has 1 aromatic heterocycles. The number of nitrogens with zero attached hydrogens (tertiary/aromatic N) is 4. The molecular formula is C20H24N4O4. The Morgan fingerprint density at radius 3 is 2.43 bits per heavy atom. The Morgan fingerprint density at radius 2 is 1.75 bits per heavy atom. The van der Waals surface area contributed by atoms with Crippen molar-refractivity contribution in [2.45, 2.75) is 20.0 Å². The van der Waals surface area contributed by atoms with Gasteiger partial charge in [-0.05, 0) is 31.5 Å². The molecule has 0 N–H and O–H groups in total. The van der Waals surface area contributed by atoms with Crippen LogP contribution in [0.2, 0.25) is 0 Å². The molecule has 1 amide bonds. The van der Waals surface area contributed by atoms with E-state index in [0.717, 1.165) is 5.56 Å². The number of rotatable bonds is 6. The molecule has 1 aliphatic heterocycles. The molecule has 0 saturated carbocycles. The molecule has 0 spiro atoms. The molecule has 1 saturated heterocycles. The molecule has 148 valence electrons. The molecule has 28 heavy (non-hydrogen) atoms. The minimum Gasteiger partial charge on any atom is -0.482 e. The molecule has 3 rings (SSSR count). The molecule has 1 fully saturated rings. The summed E-state index contributed by atoms with van der Waals surface area (Å²) in [6.07, 6.45) is 2.54. The van der Waals surface area contributed by atoms with Crippen molar-refractivity contribution in [3.05, 3.63) is 48.3 Å². The fourth-order valence-corrected chi connectivity index (χ4v) is 2.98. The molecule has 1 aliphatic rings. The van der Waals surface area contributed by atoms with Gasteiger partial charge in [0.1, 0.15) is 5.75 Å². The second-order valence-electron chi connectivity index (χ2n) is 6.55. The number of hydrogen-bond acceptors (Lipinski definition) is 7. The van der Waals surface area contributed by atoms with E-state index < -0.39 is 12.1 Å². The number of para-hydroxylation sites is 1. The third-order valence-electron chi connectivity index (χ3n) is 4.52. The number of carbonyl (C=O) groups is 2. The van der Waals surface area contributed by atoms with Crippen molar-refractivity contribution >= 4 is 17.8 Å². The normalized spacial score (nSPS) is 15.1. The largest absolute Gasteiger partial charge is 0.482 e. The minimum absolute atomic E-state index is 0.210. The van der Waals surface area contributed by atoms with Gasteiger partial charge in [-0.15, -0.1) is 0 Å². The number of carbonyl (C=O) groups excluding carboxylic acids is 2. The number of aryl methyl sites for hydroxylation is 1. The van der Waals surface area contributed by atoms with E-state index in [2.05, 4.69) is 9.97 Å². The second-order valence-corrected chi connectivity index (χ2v) is 6.55. The summed E-state index contributed by atoms with van der Waals surface area (Å²) in [5.41, 5.74) is 0.930. The first kappa shape index (κ1) is 19.6. The summed E-state index contributed by atoms with van der Waals surface area (Å²) in [6.45, 7) is 5.56. The van der Waals surface area contributed by atoms with Crippen LogP contribution in [0, 0.1) is 6.92 Å². The van der Waals surface area contributed by atoms with Gasteiger partial charge in [-0.3, -0.25) is 4.79 Å². The molecule has 1 atom stereocenters. The average Bonchev–Trinajstić information content (AvgIpc) is 2.73. The Balaban J connectivity index is 1.44. The molecule has 0 radical (unpaired) electrons. The van der Waals surface area contributed by atoms with Crippen LogP contribution in [0.1, 0.15) is 12.5 Å². The standard InChI is InChI=1S/C20H24N4O4/c1-15-6-3-4-7-17(15)27-14-18(25)28-16(2)19(26)23-10-12-24(13-11-23)20-21-8-5-9-22-20/h3-9,16H,10-14H2,1-2H3. The highest BCUT2D eigenvalue weighted by atomic mass is 16.6. The van der Waals surface area contributed by atoms with Crippen LogP contribution in [0.5, 0.6) is 5.75 Å². The van der Waals surface area contributed by atoms with E-state index in [-0.39, 0.29) is 12.5 Å². The van der Waals surface area contributed by atoms with Gasteiger partial charge in [0.25, 0.3) is 5.91 Å². The monoisotopic (exact) mass is 384 g/mol. The highest BCUT2D eigenvalue weighted by molar-refractivity contribution is 5.84. The van der Waals surface area contributed by atoms with Gasteiger partial charge in [0, 0.05) is 38.6 Å². The van der Waals surface area contributed by atoms with Crippen molar-refractivity contribution in [3.63, 3.8) is 0 Å². The Bertz CT molecular complexity index is 807. The smallest absolute Gasteiger partial charge is 0.344 e. The van der Waals surface area contributed by atoms with Crippen LogP contribution in [-0.4, -0.2) is 65.6 Å². The lowest BCUT2D eigenvalue weighted by Crippen LogP contribution is -2.52. The van der Waals surface area contributed by atoms with Crippen molar-refractivity contribution < 1.29 is 19.1 Å². The summed E-state index contributed by atoms with van der Waals surface area (Å²) in [7, 11) is 0. The fourth-order valence-electron chi connectivity index (χ4n) is 2.98. The second kappa shape index (κ2) is 9.16. The number of piperazine rings is 1. The highest BCUT2D eigenvalue weighted by Gasteiger charge is 2.28. The van der Waals surface area contributed by atoms with Crippen LogP contribution >= 0.6 is 0 Å². The predicted octanol–water partition coefficient (Wildman–Crippen LogP) is 1.44. The van der Waals surface area contributed by atoms with Gasteiger partial charge in [-0.25, -0.2) is 14.8 Å². The third kappa shape index (κ3) is 4.97. The highest BCUT2D eigenvalue weighted by Crippen LogP contribution is 2.16. The maximum Gasteiger partial charge on any atom is 0.344 e. The van der Waals surface area contributed by atoms with Crippen LogP contribution in [0.25, 0.3) is 0 Å². The van der Waals surface area contributed by atoms with Crippen LogP contribution < -0.4 is 9.64 Å². The molecular weight excluding hydrogens is 360 g/mol. The van der Waals surface area contributed by atoms with Gasteiger partial charge in [-0.2, -0.15) is 0 Å². The predicted molar refractivity (Wildman–Crippen MR) is 103 cm³/mol. The van der Waals surface area contributed by atoms with E-state index in [4.69, 9.17) is 9.47 Å². The molecule has 1 aromatic carbocycles. The van der Waals surface area contributed by atoms with Crippen LogP contribution in [0.4, 0.5) is 5.95 Å². The number of benzene rings is 1. The summed E-state index contributed by atoms with van der Waals surface area (Å²) in [6, 6.07) is 9.17. The van der Waals surface area contributed by atoms with Gasteiger partial charge >= 0.3 is 5.97 Å². The van der Waals surface area contributed by atoms with E-state index in [1.54, 1.807) is 36.4 Å². The average molecular weight is 384 g/mol. The lowest BCUT2D eigenvalue weighted by molar-refractivity contribution is -0.160. The van der Waals surface area contributed by atoms with Crippen LogP contribution in [0.15, 0.2) is 42.7 Å². The Morgan fingerprint density at radius 1 is 1.07 bits per heavy atom. The summed E-state index contributed by atoms with van der Waals surface area (Å²) < 4.78 is 10.7. The zero-order valence-electron chi connectivity index (χ0n) is 16.1. The van der Waals surface area contributed by atoms with Gasteiger partial charge in [0.05, 0.1) is 0 Å². The molecule has 0 aliphatic carbocycles. The molecule has 2 aromatic rings. The van der Waals surface area contributed by atoms with Crippen LogP contribution in [0.3, 0.4) is 0 Å². The van der Waals surface area contributed by atoms with Gasteiger partial charge in [-0.1, -0.05) is 18.2 Å². The van der Waals surface area contributed by atoms with E-state index in [9.17, 15) is 9.59 Å². The topological polar surface area (TPSA) is 84.9 Å². The van der Waals surface area contributed by atoms with E-state index in [1.807, 2.05) is 30.0 Å². The molecule has 8 heteroatoms. The number of anilines is 1. The number of amides is 1. The number of esters is 1. The Kier molecular flexibility index (Phi) is 6.41. The maximum atomic E-state index is 12.6. The number of aromatic nitrogens is 2. The van der Waals surface area contributed by atoms with Gasteiger partial charge < -0.3 is 19.3 Å². The quantitative estimate of drug-likeness (QED) is 0.697. The van der Waals surface area contributed by atoms with Gasteiger partial charge in [0.2, 0.25) is 5.95 Å². The van der Waals surface area contributed by atoms with Gasteiger partial charge in [0.15, 0.2) is 12.7 Å². The third-order valence-corrected chi connectivity index (χ3v) is 4.52. The van der Waals surface area contributed by atoms with E-state index >= 15 is 0 Å². The zero-order chi connectivity index (χ0) is 19.9. The van der Waals surface area contributed by atoms with E-state index in [0.29, 0.717) is 37.9 Å². The number of ether oxygens (including phenoxy) is 2. The summed E-state index contributed by atoms with van der Waals surface area (Å²) >= 11 is 0. The first-order chi connectivity index (χ1) is 13.5. The van der Waals surface area contributed by atoms with Crippen molar-refractivity contribution in [3.8, 4) is 5.75 Å². The summed E-state index contributed by atoms with van der Waals surface area (Å²) in [5.74, 6) is 0.499. The van der Waals surface area contributed by atoms with Crippen molar-refractivity contribution in [2.24, 2.45) is 0 Å². The minimum atomic E-state index is -0.854. The Labute approximate surface area is 164 Å². The Hall–Kier alpha value is -3.16. The zero-order valence-corrected chi connectivity index (χ0v) is 16.1. The number of hydrogen-bond donors (Lipinski definition) is 0. The SMILES string of the molecule is Cc1ccccc1OCC(=O)OC(C)C(=O)N1CCN(c2ncccn2)CC1.